The molecule has 4 heteroatoms. The van der Waals surface area contributed by atoms with Crippen LogP contribution in [0.2, 0.25) is 0 Å². The molecule has 0 spiro atoms. The summed E-state index contributed by atoms with van der Waals surface area (Å²) >= 11 is 0. The number of rotatable bonds is 8. The van der Waals surface area contributed by atoms with Gasteiger partial charge >= 0.3 is 0 Å². The van der Waals surface area contributed by atoms with Gasteiger partial charge in [0.2, 0.25) is 0 Å². The Hall–Kier alpha value is -1.57. The standard InChI is InChI=1S/C15H22N2O2/c1-13(2)17(8-10-18-3)9-11-19-15-7-5-4-6-14(15)12-16/h4-7,13H,8-11H2,1-3H3. The maximum absolute atomic E-state index is 8.97. The van der Waals surface area contributed by atoms with E-state index in [2.05, 4.69) is 24.8 Å². The second-order valence-electron chi connectivity index (χ2n) is 4.58. The van der Waals surface area contributed by atoms with Gasteiger partial charge in [0.25, 0.3) is 0 Å². The van der Waals surface area contributed by atoms with Gasteiger partial charge in [-0.15, -0.1) is 0 Å². The molecule has 0 heterocycles. The summed E-state index contributed by atoms with van der Waals surface area (Å²) in [4.78, 5) is 2.29. The Labute approximate surface area is 115 Å². The highest BCUT2D eigenvalue weighted by molar-refractivity contribution is 5.42. The maximum Gasteiger partial charge on any atom is 0.137 e. The SMILES string of the molecule is COCCN(CCOc1ccccc1C#N)C(C)C. The maximum atomic E-state index is 8.97. The van der Waals surface area contributed by atoms with Gasteiger partial charge in [0.15, 0.2) is 0 Å². The number of ether oxygens (including phenoxy) is 2. The van der Waals surface area contributed by atoms with E-state index in [4.69, 9.17) is 14.7 Å². The lowest BCUT2D eigenvalue weighted by Gasteiger charge is -2.26. The lowest BCUT2D eigenvalue weighted by atomic mass is 10.2. The van der Waals surface area contributed by atoms with Gasteiger partial charge < -0.3 is 9.47 Å². The van der Waals surface area contributed by atoms with Crippen molar-refractivity contribution in [3.05, 3.63) is 29.8 Å². The molecule has 0 amide bonds. The number of nitrogens with zero attached hydrogens (tertiary/aromatic N) is 2. The van der Waals surface area contributed by atoms with E-state index < -0.39 is 0 Å². The molecule has 0 saturated carbocycles. The van der Waals surface area contributed by atoms with Crippen molar-refractivity contribution in [2.75, 3.05) is 33.4 Å². The smallest absolute Gasteiger partial charge is 0.137 e. The molecule has 0 bridgehead atoms. The van der Waals surface area contributed by atoms with Crippen LogP contribution in [-0.2, 0) is 4.74 Å². The summed E-state index contributed by atoms with van der Waals surface area (Å²) in [6.45, 7) is 7.30. The molecular weight excluding hydrogens is 240 g/mol. The highest BCUT2D eigenvalue weighted by Crippen LogP contribution is 2.16. The number of methoxy groups -OCH3 is 1. The van der Waals surface area contributed by atoms with Crippen molar-refractivity contribution >= 4 is 0 Å². The van der Waals surface area contributed by atoms with Crippen molar-refractivity contribution in [1.82, 2.24) is 4.90 Å². The van der Waals surface area contributed by atoms with E-state index >= 15 is 0 Å². The fraction of sp³-hybridized carbons (Fsp3) is 0.533. The van der Waals surface area contributed by atoms with Crippen molar-refractivity contribution in [2.45, 2.75) is 19.9 Å². The van der Waals surface area contributed by atoms with Crippen LogP contribution < -0.4 is 4.74 Å². The van der Waals surface area contributed by atoms with Gasteiger partial charge in [-0.3, -0.25) is 4.90 Å². The van der Waals surface area contributed by atoms with Crippen LogP contribution >= 0.6 is 0 Å². The summed E-state index contributed by atoms with van der Waals surface area (Å²) in [6, 6.07) is 9.89. The molecule has 0 aromatic heterocycles. The largest absolute Gasteiger partial charge is 0.491 e. The number of para-hydroxylation sites is 1. The molecule has 19 heavy (non-hydrogen) atoms. The van der Waals surface area contributed by atoms with Gasteiger partial charge in [-0.2, -0.15) is 5.26 Å². The van der Waals surface area contributed by atoms with Crippen molar-refractivity contribution in [2.24, 2.45) is 0 Å². The monoisotopic (exact) mass is 262 g/mol. The van der Waals surface area contributed by atoms with Crippen LogP contribution in [0, 0.1) is 11.3 Å². The molecule has 1 rings (SSSR count). The fourth-order valence-corrected chi connectivity index (χ4v) is 1.79. The molecule has 0 fully saturated rings. The zero-order valence-electron chi connectivity index (χ0n) is 11.9. The highest BCUT2D eigenvalue weighted by Gasteiger charge is 2.09. The molecule has 0 aliphatic rings. The normalized spacial score (nSPS) is 10.7. The topological polar surface area (TPSA) is 45.5 Å². The summed E-state index contributed by atoms with van der Waals surface area (Å²) < 4.78 is 10.8. The second kappa shape index (κ2) is 8.52. The zero-order valence-corrected chi connectivity index (χ0v) is 11.9. The summed E-state index contributed by atoms with van der Waals surface area (Å²) in [7, 11) is 1.71. The van der Waals surface area contributed by atoms with E-state index in [0.717, 1.165) is 13.1 Å². The Kier molecular flexibility index (Phi) is 6.94. The molecular formula is C15H22N2O2. The summed E-state index contributed by atoms with van der Waals surface area (Å²) in [5.74, 6) is 0.653. The van der Waals surface area contributed by atoms with Crippen molar-refractivity contribution < 1.29 is 9.47 Å². The first-order chi connectivity index (χ1) is 9.19. The minimum absolute atomic E-state index is 0.449. The van der Waals surface area contributed by atoms with Gasteiger partial charge in [-0.05, 0) is 26.0 Å². The van der Waals surface area contributed by atoms with Crippen LogP contribution in [-0.4, -0.2) is 44.4 Å². The van der Waals surface area contributed by atoms with E-state index in [9.17, 15) is 0 Å². The van der Waals surface area contributed by atoms with Gasteiger partial charge in [0.05, 0.1) is 12.2 Å². The first-order valence-corrected chi connectivity index (χ1v) is 6.54. The number of benzene rings is 1. The first-order valence-electron chi connectivity index (χ1n) is 6.54. The molecule has 0 atom stereocenters. The molecule has 0 aliphatic carbocycles. The minimum Gasteiger partial charge on any atom is -0.491 e. The van der Waals surface area contributed by atoms with Crippen molar-refractivity contribution in [3.8, 4) is 11.8 Å². The van der Waals surface area contributed by atoms with Crippen LogP contribution in [0.25, 0.3) is 0 Å². The molecule has 1 aromatic carbocycles. The Morgan fingerprint density at radius 1 is 1.21 bits per heavy atom. The Morgan fingerprint density at radius 2 is 1.89 bits per heavy atom. The Morgan fingerprint density at radius 3 is 2.53 bits per heavy atom. The number of hydrogen-bond donors (Lipinski definition) is 0. The number of hydrogen-bond acceptors (Lipinski definition) is 4. The average Bonchev–Trinajstić information content (AvgIpc) is 2.42. The molecule has 0 N–H and O–H groups in total. The summed E-state index contributed by atoms with van der Waals surface area (Å²) in [5, 5.41) is 8.97. The van der Waals surface area contributed by atoms with Crippen LogP contribution in [0.1, 0.15) is 19.4 Å². The highest BCUT2D eigenvalue weighted by atomic mass is 16.5. The quantitative estimate of drug-likeness (QED) is 0.721. The fourth-order valence-electron chi connectivity index (χ4n) is 1.79. The summed E-state index contributed by atoms with van der Waals surface area (Å²) in [5.41, 5.74) is 0.579. The molecule has 4 nitrogen and oxygen atoms in total. The lowest BCUT2D eigenvalue weighted by molar-refractivity contribution is 0.116. The van der Waals surface area contributed by atoms with Gasteiger partial charge in [-0.25, -0.2) is 0 Å². The lowest BCUT2D eigenvalue weighted by Crippen LogP contribution is -2.37. The van der Waals surface area contributed by atoms with Gasteiger partial charge in [0, 0.05) is 26.2 Å². The molecule has 104 valence electrons. The van der Waals surface area contributed by atoms with Crippen LogP contribution in [0.3, 0.4) is 0 Å². The summed E-state index contributed by atoms with van der Waals surface area (Å²) in [6.07, 6.45) is 0. The molecule has 0 aliphatic heterocycles. The van der Waals surface area contributed by atoms with E-state index in [-0.39, 0.29) is 0 Å². The predicted molar refractivity (Wildman–Crippen MR) is 75.2 cm³/mol. The van der Waals surface area contributed by atoms with Gasteiger partial charge in [-0.1, -0.05) is 12.1 Å². The van der Waals surface area contributed by atoms with E-state index in [1.807, 2.05) is 18.2 Å². The van der Waals surface area contributed by atoms with Crippen LogP contribution in [0.15, 0.2) is 24.3 Å². The van der Waals surface area contributed by atoms with Crippen molar-refractivity contribution in [3.63, 3.8) is 0 Å². The molecule has 0 unspecified atom stereocenters. The Balaban J connectivity index is 2.45. The van der Waals surface area contributed by atoms with E-state index in [1.165, 1.54) is 0 Å². The van der Waals surface area contributed by atoms with Gasteiger partial charge in [0.1, 0.15) is 18.4 Å². The van der Waals surface area contributed by atoms with Crippen LogP contribution in [0.5, 0.6) is 5.75 Å². The third-order valence-electron chi connectivity index (χ3n) is 2.96. The van der Waals surface area contributed by atoms with Crippen molar-refractivity contribution in [1.29, 1.82) is 5.26 Å². The number of nitriles is 1. The van der Waals surface area contributed by atoms with Crippen LogP contribution in [0.4, 0.5) is 0 Å². The Bertz CT molecular complexity index is 413. The second-order valence-corrected chi connectivity index (χ2v) is 4.58. The molecule has 0 saturated heterocycles. The molecule has 1 aromatic rings. The van der Waals surface area contributed by atoms with E-state index in [1.54, 1.807) is 13.2 Å². The first kappa shape index (κ1) is 15.5. The minimum atomic E-state index is 0.449. The third kappa shape index (κ3) is 5.29. The predicted octanol–water partition coefficient (Wildman–Crippen LogP) is 2.29. The zero-order chi connectivity index (χ0) is 14.1. The van der Waals surface area contributed by atoms with E-state index in [0.29, 0.717) is 30.6 Å². The molecule has 0 radical (unpaired) electrons. The average molecular weight is 262 g/mol. The third-order valence-corrected chi connectivity index (χ3v) is 2.96.